The van der Waals surface area contributed by atoms with E-state index < -0.39 is 15.3 Å². The second-order valence-corrected chi connectivity index (χ2v) is 3.21. The van der Waals surface area contributed by atoms with E-state index in [1.54, 1.807) is 0 Å². The normalized spacial score (nSPS) is 10.6. The summed E-state index contributed by atoms with van der Waals surface area (Å²) in [6, 6.07) is 0. The number of rotatable bonds is 0. The number of nitrogens with two attached hydrogens (primary N) is 8. The average molecular weight is 372 g/mol. The molecular weight excluding hydrogens is 354 g/mol. The van der Waals surface area contributed by atoms with Gasteiger partial charge in [0.2, 0.25) is 11.9 Å². The highest BCUT2D eigenvalue weighted by Gasteiger charge is 1.98. The smallest absolute Gasteiger partial charge is 0.291 e. The van der Waals surface area contributed by atoms with Crippen LogP contribution in [0, 0.1) is 20.4 Å². The van der Waals surface area contributed by atoms with E-state index in [0.717, 1.165) is 0 Å². The summed E-state index contributed by atoms with van der Waals surface area (Å²) in [5, 5.41) is 20.8. The van der Waals surface area contributed by atoms with Crippen LogP contribution >= 0.6 is 0 Å². The third kappa shape index (κ3) is 66.8. The molecule has 0 rings (SSSR count). The van der Waals surface area contributed by atoms with Crippen molar-refractivity contribution >= 4 is 11.9 Å². The molecule has 0 aliphatic carbocycles. The van der Waals surface area contributed by atoms with Crippen molar-refractivity contribution in [3.8, 4) is 0 Å². The minimum Gasteiger partial charge on any atom is -0.366 e. The van der Waals surface area contributed by atoms with Crippen LogP contribution in [0.25, 0.3) is 0 Å². The second kappa shape index (κ2) is 15.7. The lowest BCUT2D eigenvalue weighted by Crippen LogP contribution is -2.58. The van der Waals surface area contributed by atoms with Crippen LogP contribution in [0.5, 0.6) is 0 Å². The third-order valence-corrected chi connectivity index (χ3v) is 0.794. The maximum Gasteiger partial charge on any atom is 0.291 e. The van der Waals surface area contributed by atoms with Gasteiger partial charge in [-0.25, -0.2) is 33.6 Å². The molecule has 0 unspecified atom stereocenters. The summed E-state index contributed by atoms with van der Waals surface area (Å²) in [5.41, 5.74) is 9.83. The standard InChI is InChI=1S/2CH8N6.ClHO4.HNO3/c2*2-1(6-3)7(4)5;2-1(3,4)5;2-1(3)4/h2*3-5H2,(H2,2,6);(H,2,3,4,5);(H,2,3,4). The number of hydrazone groups is 2. The Labute approximate surface area is 129 Å². The molecule has 0 aliphatic rings. The first kappa shape index (κ1) is 28.5. The fraction of sp³-hybridized carbons (Fsp3) is 0. The predicted octanol–water partition coefficient (Wildman–Crippen LogP) is -10.0. The Balaban J connectivity index is -0.000000107. The number of hydrogen-bond donors (Lipinski definition) is 10. The van der Waals surface area contributed by atoms with Gasteiger partial charge in [-0.05, 0) is 0 Å². The van der Waals surface area contributed by atoms with Gasteiger partial charge in [0.25, 0.3) is 5.09 Å². The Kier molecular flexibility index (Phi) is 19.4. The molecule has 0 saturated carbocycles. The molecule has 0 aromatic rings. The molecule has 0 aromatic carbocycles. The first-order valence-electron chi connectivity index (χ1n) is 4.22. The summed E-state index contributed by atoms with van der Waals surface area (Å²) < 4.78 is 32.7. The molecule has 0 aliphatic heterocycles. The lowest BCUT2D eigenvalue weighted by Gasteiger charge is -2.06. The Morgan fingerprint density at radius 3 is 1.09 bits per heavy atom. The van der Waals surface area contributed by atoms with E-state index in [1.165, 1.54) is 0 Å². The van der Waals surface area contributed by atoms with Crippen LogP contribution in [0.4, 0.5) is 0 Å². The van der Waals surface area contributed by atoms with E-state index in [-0.39, 0.29) is 11.9 Å². The fourth-order valence-electron chi connectivity index (χ4n) is 0.133. The van der Waals surface area contributed by atoms with Gasteiger partial charge in [0.1, 0.15) is 0 Å². The summed E-state index contributed by atoms with van der Waals surface area (Å²) >= 11 is 0. The van der Waals surface area contributed by atoms with Crippen LogP contribution in [0.3, 0.4) is 0 Å². The van der Waals surface area contributed by atoms with Crippen molar-refractivity contribution in [1.29, 1.82) is 0 Å². The Morgan fingerprint density at radius 1 is 0.957 bits per heavy atom. The minimum atomic E-state index is -4.69. The zero-order valence-corrected chi connectivity index (χ0v) is 11.9. The molecule has 0 fully saturated rings. The van der Waals surface area contributed by atoms with Crippen molar-refractivity contribution in [2.24, 2.45) is 56.7 Å². The van der Waals surface area contributed by atoms with E-state index in [1.807, 2.05) is 0 Å². The number of halogens is 1. The average Bonchev–Trinajstić information content (AvgIpc) is 2.34. The predicted molar refractivity (Wildman–Crippen MR) is 63.0 cm³/mol. The van der Waals surface area contributed by atoms with Gasteiger partial charge in [-0.15, -0.1) is 20.3 Å². The summed E-state index contributed by atoms with van der Waals surface area (Å²) in [7, 11) is -4.69. The molecule has 18 N–H and O–H groups in total. The van der Waals surface area contributed by atoms with Crippen molar-refractivity contribution in [2.45, 2.75) is 0 Å². The zero-order valence-electron chi connectivity index (χ0n) is 11.2. The molecule has 0 aromatic heterocycles. The van der Waals surface area contributed by atoms with Crippen LogP contribution < -0.4 is 60.5 Å². The van der Waals surface area contributed by atoms with E-state index >= 15 is 0 Å². The molecule has 0 heterocycles. The molecule has 0 radical (unpaired) electrons. The summed E-state index contributed by atoms with van der Waals surface area (Å²) in [6.45, 7) is 0. The number of hydrazine groups is 4. The molecule has 0 spiro atoms. The third-order valence-electron chi connectivity index (χ3n) is 0.794. The van der Waals surface area contributed by atoms with Crippen molar-refractivity contribution < 1.29 is 39.2 Å². The maximum atomic E-state index is 8.60. The van der Waals surface area contributed by atoms with Crippen LogP contribution in [0.1, 0.15) is 0 Å². The molecule has 23 heavy (non-hydrogen) atoms. The highest BCUT2D eigenvalue weighted by atomic mass is 35.7. The van der Waals surface area contributed by atoms with Crippen molar-refractivity contribution in [2.75, 3.05) is 0 Å². The molecular formula is C2H18ClN13O7. The van der Waals surface area contributed by atoms with Crippen LogP contribution in [-0.2, 0) is 0 Å². The Hall–Kier alpha value is -2.69. The first-order chi connectivity index (χ1) is 10.1. The lowest BCUT2D eigenvalue weighted by atomic mass is 11.0. The Morgan fingerprint density at radius 2 is 1.09 bits per heavy atom. The van der Waals surface area contributed by atoms with Gasteiger partial charge >= 0.3 is 0 Å². The molecule has 21 heteroatoms. The van der Waals surface area contributed by atoms with E-state index in [4.69, 9.17) is 68.8 Å². The van der Waals surface area contributed by atoms with Gasteiger partial charge in [-0.3, -0.25) is 0 Å². The van der Waals surface area contributed by atoms with Gasteiger partial charge < -0.3 is 28.4 Å². The number of guanidine groups is 2. The number of nitrogens with zero attached hydrogens (tertiary/aromatic N) is 5. The SMILES string of the molecule is N/N=C(\N)N(N)N.N/N=C(\N)N(N)N.O=[N+]([O-])O.[O-][Cl+3]([O-])([O-])O. The highest BCUT2D eigenvalue weighted by molar-refractivity contribution is 5.76. The van der Waals surface area contributed by atoms with Crippen molar-refractivity contribution in [3.05, 3.63) is 10.1 Å². The second-order valence-electron chi connectivity index (χ2n) is 2.42. The molecule has 0 amide bonds. The molecule has 0 saturated heterocycles. The monoisotopic (exact) mass is 371 g/mol. The molecule has 0 atom stereocenters. The zero-order chi connectivity index (χ0) is 19.8. The number of hydrogen-bond acceptors (Lipinski definition) is 14. The van der Waals surface area contributed by atoms with E-state index in [9.17, 15) is 0 Å². The van der Waals surface area contributed by atoms with Gasteiger partial charge in [0.05, 0.1) is 14.9 Å². The van der Waals surface area contributed by atoms with E-state index in [0.29, 0.717) is 10.2 Å². The summed E-state index contributed by atoms with van der Waals surface area (Å²) in [6.07, 6.45) is 0. The quantitative estimate of drug-likeness (QED) is 0.0619. The van der Waals surface area contributed by atoms with Crippen LogP contribution in [-0.4, -0.2) is 37.1 Å². The first-order valence-corrected chi connectivity index (χ1v) is 5.48. The maximum absolute atomic E-state index is 8.60. The molecule has 20 nitrogen and oxygen atoms in total. The minimum absolute atomic E-state index is 0.111. The largest absolute Gasteiger partial charge is 0.366 e. The van der Waals surface area contributed by atoms with Gasteiger partial charge in [-0.1, -0.05) is 0 Å². The van der Waals surface area contributed by atoms with Crippen LogP contribution in [0.2, 0.25) is 0 Å². The van der Waals surface area contributed by atoms with Crippen molar-refractivity contribution in [3.63, 3.8) is 0 Å². The van der Waals surface area contributed by atoms with Crippen LogP contribution in [0.15, 0.2) is 10.2 Å². The highest BCUT2D eigenvalue weighted by Crippen LogP contribution is 1.61. The van der Waals surface area contributed by atoms with Gasteiger partial charge in [-0.2, -0.15) is 14.0 Å². The summed E-state index contributed by atoms with van der Waals surface area (Å²) in [5.74, 6) is 28.3. The molecule has 140 valence electrons. The lowest BCUT2D eigenvalue weighted by molar-refractivity contribution is -1.92. The Bertz CT molecular complexity index is 319. The van der Waals surface area contributed by atoms with E-state index in [2.05, 4.69) is 21.9 Å². The van der Waals surface area contributed by atoms with Gasteiger partial charge in [0, 0.05) is 0 Å². The van der Waals surface area contributed by atoms with Gasteiger partial charge in [0.15, 0.2) is 0 Å². The molecule has 0 bridgehead atoms. The topological polar surface area (TPSA) is 392 Å². The van der Waals surface area contributed by atoms with Crippen molar-refractivity contribution in [1.82, 2.24) is 10.2 Å². The summed E-state index contributed by atoms with van der Waals surface area (Å²) in [4.78, 5) is 8.36. The fourth-order valence-corrected chi connectivity index (χ4v) is 0.133.